The molecule has 238 valence electrons. The number of hydrogen-bond donors (Lipinski definition) is 4. The molecule has 1 saturated heterocycles. The van der Waals surface area contributed by atoms with Gasteiger partial charge in [-0.2, -0.15) is 0 Å². The molecule has 0 bridgehead atoms. The van der Waals surface area contributed by atoms with E-state index < -0.39 is 41.4 Å². The highest BCUT2D eigenvalue weighted by Crippen LogP contribution is 2.33. The Morgan fingerprint density at radius 3 is 2.32 bits per heavy atom. The number of rotatable bonds is 19. The standard InChI is InChI=1S/C28H50N4O8.ClH/c1-7-20(25(37)30-23(35)19-34)16-22(31-12-8-10-24(31)36)17-21(26(38)40-15-14-33)18-28(2,3)27(39)29-11-9-13-32(4,5)6;/h19-23,33,35H,7-18H2,1-6H3,(H-,29,30,37,39);1H. The Balaban J connectivity index is 0.0000160. The topological polar surface area (TPSA) is 162 Å². The van der Waals surface area contributed by atoms with Crippen LogP contribution in [0.4, 0.5) is 0 Å². The molecule has 1 aliphatic heterocycles. The van der Waals surface area contributed by atoms with Gasteiger partial charge in [-0.3, -0.25) is 24.0 Å². The second kappa shape index (κ2) is 18.3. The normalized spacial score (nSPS) is 16.7. The average Bonchev–Trinajstić information content (AvgIpc) is 3.31. The number of aliphatic hydroxyl groups excluding tert-OH is 2. The molecule has 1 aliphatic rings. The van der Waals surface area contributed by atoms with E-state index in [4.69, 9.17) is 4.74 Å². The van der Waals surface area contributed by atoms with Crippen LogP contribution >= 0.6 is 0 Å². The average molecular weight is 607 g/mol. The van der Waals surface area contributed by atoms with Crippen molar-refractivity contribution in [2.75, 3.05) is 54.0 Å². The zero-order valence-corrected chi connectivity index (χ0v) is 26.2. The van der Waals surface area contributed by atoms with E-state index in [1.807, 2.05) is 0 Å². The second-order valence-corrected chi connectivity index (χ2v) is 12.3. The highest BCUT2D eigenvalue weighted by molar-refractivity contribution is 5.83. The minimum absolute atomic E-state index is 0. The maximum atomic E-state index is 13.2. The van der Waals surface area contributed by atoms with Gasteiger partial charge in [0.1, 0.15) is 6.61 Å². The smallest absolute Gasteiger partial charge is 0.309 e. The van der Waals surface area contributed by atoms with Crippen molar-refractivity contribution in [1.29, 1.82) is 0 Å². The first kappa shape index (κ1) is 38.7. The number of esters is 1. The lowest BCUT2D eigenvalue weighted by atomic mass is 9.78. The third-order valence-electron chi connectivity index (χ3n) is 7.28. The molecule has 0 saturated carbocycles. The van der Waals surface area contributed by atoms with Gasteiger partial charge < -0.3 is 47.4 Å². The molecule has 41 heavy (non-hydrogen) atoms. The Bertz CT molecular complexity index is 865. The Labute approximate surface area is 250 Å². The third kappa shape index (κ3) is 14.0. The van der Waals surface area contributed by atoms with Crippen molar-refractivity contribution in [3.8, 4) is 0 Å². The van der Waals surface area contributed by atoms with Crippen LogP contribution in [0.15, 0.2) is 0 Å². The van der Waals surface area contributed by atoms with Crippen molar-refractivity contribution >= 4 is 30.0 Å². The number of nitrogens with zero attached hydrogens (tertiary/aromatic N) is 2. The Kier molecular flexibility index (Phi) is 17.3. The number of ether oxygens (including phenoxy) is 1. The number of quaternary nitrogens is 1. The van der Waals surface area contributed by atoms with Gasteiger partial charge in [0.05, 0.1) is 40.2 Å². The summed E-state index contributed by atoms with van der Waals surface area (Å²) < 4.78 is 6.05. The number of carbonyl (C=O) groups excluding carboxylic acids is 5. The summed E-state index contributed by atoms with van der Waals surface area (Å²) in [6, 6.07) is -0.505. The molecule has 0 aliphatic carbocycles. The van der Waals surface area contributed by atoms with Crippen molar-refractivity contribution in [2.24, 2.45) is 17.3 Å². The minimum atomic E-state index is -1.63. The largest absolute Gasteiger partial charge is 1.00 e. The number of amides is 3. The van der Waals surface area contributed by atoms with Crippen LogP contribution in [-0.2, 0) is 28.7 Å². The fourth-order valence-electron chi connectivity index (χ4n) is 5.05. The lowest BCUT2D eigenvalue weighted by Crippen LogP contribution is -3.00. The second-order valence-electron chi connectivity index (χ2n) is 12.3. The lowest BCUT2D eigenvalue weighted by Gasteiger charge is -2.35. The molecule has 4 N–H and O–H groups in total. The highest BCUT2D eigenvalue weighted by Gasteiger charge is 2.39. The van der Waals surface area contributed by atoms with Gasteiger partial charge in [-0.15, -0.1) is 0 Å². The van der Waals surface area contributed by atoms with Crippen molar-refractivity contribution in [3.63, 3.8) is 0 Å². The van der Waals surface area contributed by atoms with Gasteiger partial charge >= 0.3 is 5.97 Å². The van der Waals surface area contributed by atoms with Gasteiger partial charge in [-0.1, -0.05) is 20.8 Å². The van der Waals surface area contributed by atoms with Gasteiger partial charge in [0.25, 0.3) is 0 Å². The lowest BCUT2D eigenvalue weighted by molar-refractivity contribution is -0.870. The van der Waals surface area contributed by atoms with Gasteiger partial charge in [0.2, 0.25) is 17.7 Å². The molecule has 0 aromatic heterocycles. The van der Waals surface area contributed by atoms with E-state index in [0.717, 1.165) is 17.4 Å². The summed E-state index contributed by atoms with van der Waals surface area (Å²) in [5.74, 6) is -2.78. The molecule has 0 aromatic carbocycles. The number of hydrogen-bond acceptors (Lipinski definition) is 8. The van der Waals surface area contributed by atoms with Crippen molar-refractivity contribution < 1.29 is 55.8 Å². The van der Waals surface area contributed by atoms with Crippen molar-refractivity contribution in [1.82, 2.24) is 15.5 Å². The van der Waals surface area contributed by atoms with Crippen molar-refractivity contribution in [3.05, 3.63) is 0 Å². The van der Waals surface area contributed by atoms with Crippen LogP contribution in [0.25, 0.3) is 0 Å². The predicted molar refractivity (Wildman–Crippen MR) is 148 cm³/mol. The summed E-state index contributed by atoms with van der Waals surface area (Å²) >= 11 is 0. The number of likely N-dealkylation sites (tertiary alicyclic amines) is 1. The first-order valence-electron chi connectivity index (χ1n) is 14.2. The number of carbonyl (C=O) groups is 5. The van der Waals surface area contributed by atoms with Crippen molar-refractivity contribution in [2.45, 2.75) is 78.0 Å². The maximum Gasteiger partial charge on any atom is 0.309 e. The molecule has 4 unspecified atom stereocenters. The van der Waals surface area contributed by atoms with Gasteiger partial charge in [-0.05, 0) is 32.1 Å². The Morgan fingerprint density at radius 2 is 1.80 bits per heavy atom. The molecule has 1 heterocycles. The monoisotopic (exact) mass is 606 g/mol. The van der Waals surface area contributed by atoms with E-state index in [0.29, 0.717) is 32.4 Å². The molecular formula is C28H51ClN4O8. The highest BCUT2D eigenvalue weighted by atomic mass is 35.5. The van der Waals surface area contributed by atoms with Gasteiger partial charge in [-0.25, -0.2) is 0 Å². The molecule has 0 aromatic rings. The Morgan fingerprint density at radius 1 is 1.17 bits per heavy atom. The molecule has 12 nitrogen and oxygen atoms in total. The van der Waals surface area contributed by atoms with Gasteiger partial charge in [0, 0.05) is 43.3 Å². The fourth-order valence-corrected chi connectivity index (χ4v) is 5.05. The fraction of sp³-hybridized carbons (Fsp3) is 0.821. The van der Waals surface area contributed by atoms with Crippen LogP contribution in [0.3, 0.4) is 0 Å². The predicted octanol–water partition coefficient (Wildman–Crippen LogP) is -2.80. The zero-order chi connectivity index (χ0) is 30.5. The first-order chi connectivity index (χ1) is 18.6. The van der Waals surface area contributed by atoms with E-state index in [1.54, 1.807) is 25.7 Å². The van der Waals surface area contributed by atoms with Crippen LogP contribution in [0, 0.1) is 17.3 Å². The zero-order valence-electron chi connectivity index (χ0n) is 25.5. The van der Waals surface area contributed by atoms with E-state index >= 15 is 0 Å². The van der Waals surface area contributed by atoms with E-state index in [9.17, 15) is 34.2 Å². The number of aliphatic hydroxyl groups is 2. The van der Waals surface area contributed by atoms with Crippen LogP contribution in [-0.4, -0.2) is 116 Å². The minimum Gasteiger partial charge on any atom is -1.00 e. The third-order valence-corrected chi connectivity index (χ3v) is 7.28. The summed E-state index contributed by atoms with van der Waals surface area (Å²) in [5.41, 5.74) is -0.936. The molecule has 4 atom stereocenters. The molecular weight excluding hydrogens is 556 g/mol. The number of aldehydes is 1. The van der Waals surface area contributed by atoms with E-state index in [2.05, 4.69) is 31.8 Å². The SMILES string of the molecule is CCC(CC(CC(CC(C)(C)C(=O)NCCC[N+](C)(C)C)C(=O)OCCO)N1CCCC1=O)C(=O)NC(O)C=O.[Cl-]. The van der Waals surface area contributed by atoms with E-state index in [-0.39, 0.29) is 63.0 Å². The summed E-state index contributed by atoms with van der Waals surface area (Å²) in [6.45, 7) is 6.64. The van der Waals surface area contributed by atoms with Crippen LogP contribution < -0.4 is 23.0 Å². The summed E-state index contributed by atoms with van der Waals surface area (Å²) in [4.78, 5) is 64.3. The molecule has 0 radical (unpaired) electrons. The summed E-state index contributed by atoms with van der Waals surface area (Å²) in [6.07, 6.45) is 1.31. The molecule has 13 heteroatoms. The summed E-state index contributed by atoms with van der Waals surface area (Å²) in [5, 5.41) is 24.0. The number of halogens is 1. The Hall–Kier alpha value is -2.28. The molecule has 3 amide bonds. The van der Waals surface area contributed by atoms with E-state index in [1.165, 1.54) is 0 Å². The van der Waals surface area contributed by atoms with Crippen LogP contribution in [0.2, 0.25) is 0 Å². The molecule has 1 fully saturated rings. The van der Waals surface area contributed by atoms with Crippen LogP contribution in [0.1, 0.15) is 65.7 Å². The maximum absolute atomic E-state index is 13.2. The number of nitrogens with one attached hydrogen (secondary N) is 2. The van der Waals surface area contributed by atoms with Gasteiger partial charge in [0.15, 0.2) is 12.5 Å². The first-order valence-corrected chi connectivity index (χ1v) is 14.2. The molecule has 0 spiro atoms. The summed E-state index contributed by atoms with van der Waals surface area (Å²) in [7, 11) is 6.23. The quantitative estimate of drug-likeness (QED) is 0.0403. The van der Waals surface area contributed by atoms with Crippen LogP contribution in [0.5, 0.6) is 0 Å². The molecule has 1 rings (SSSR count).